The highest BCUT2D eigenvalue weighted by Crippen LogP contribution is 2.35. The summed E-state index contributed by atoms with van der Waals surface area (Å²) in [6.07, 6.45) is 3.62. The largest absolute Gasteiger partial charge is 0.481 e. The molecule has 2 atom stereocenters. The summed E-state index contributed by atoms with van der Waals surface area (Å²) >= 11 is 0. The van der Waals surface area contributed by atoms with Crippen LogP contribution in [0.3, 0.4) is 0 Å². The van der Waals surface area contributed by atoms with E-state index in [-0.39, 0.29) is 18.5 Å². The zero-order chi connectivity index (χ0) is 18.8. The summed E-state index contributed by atoms with van der Waals surface area (Å²) in [4.78, 5) is 26.3. The number of nitrogens with one attached hydrogen (secondary N) is 1. The van der Waals surface area contributed by atoms with Gasteiger partial charge in [0.15, 0.2) is 0 Å². The first-order chi connectivity index (χ1) is 13.1. The Morgan fingerprint density at radius 2 is 1.78 bits per heavy atom. The number of nitrogens with zero attached hydrogens (tertiary/aromatic N) is 1. The van der Waals surface area contributed by atoms with Gasteiger partial charge >= 0.3 is 5.97 Å². The number of aryl methyl sites for hydroxylation is 1. The number of carboxylic acid groups (broad SMARTS) is 1. The molecule has 2 N–H and O–H groups in total. The third-order valence-corrected chi connectivity index (χ3v) is 5.68. The van der Waals surface area contributed by atoms with Crippen molar-refractivity contribution in [3.8, 4) is 0 Å². The van der Waals surface area contributed by atoms with E-state index in [1.165, 1.54) is 11.1 Å². The summed E-state index contributed by atoms with van der Waals surface area (Å²) in [5, 5.41) is 12.7. The summed E-state index contributed by atoms with van der Waals surface area (Å²) in [5.41, 5.74) is 4.20. The van der Waals surface area contributed by atoms with E-state index in [2.05, 4.69) is 17.4 Å². The number of fused-ring (bicyclic) bond motifs is 2. The third kappa shape index (κ3) is 3.54. The van der Waals surface area contributed by atoms with Gasteiger partial charge in [-0.3, -0.25) is 9.59 Å². The lowest BCUT2D eigenvalue weighted by atomic mass is 9.87. The minimum atomic E-state index is -0.801. The SMILES string of the molecule is O=C(CN1CCC(C(=O)O)c2ccccc21)NC1CCCc2ccccc21. The fraction of sp³-hybridized carbons (Fsp3) is 0.364. The zero-order valence-electron chi connectivity index (χ0n) is 15.2. The number of hydrogen-bond acceptors (Lipinski definition) is 3. The lowest BCUT2D eigenvalue weighted by Gasteiger charge is -2.34. The highest BCUT2D eigenvalue weighted by atomic mass is 16.4. The molecule has 5 nitrogen and oxygen atoms in total. The van der Waals surface area contributed by atoms with Gasteiger partial charge in [0, 0.05) is 12.2 Å². The minimum absolute atomic E-state index is 0.0136. The highest BCUT2D eigenvalue weighted by molar-refractivity contribution is 5.85. The van der Waals surface area contributed by atoms with Gasteiger partial charge in [-0.25, -0.2) is 0 Å². The smallest absolute Gasteiger partial charge is 0.311 e. The van der Waals surface area contributed by atoms with E-state index in [1.54, 1.807) is 0 Å². The van der Waals surface area contributed by atoms with Gasteiger partial charge in [-0.1, -0.05) is 42.5 Å². The van der Waals surface area contributed by atoms with Gasteiger partial charge in [0.05, 0.1) is 18.5 Å². The van der Waals surface area contributed by atoms with E-state index in [1.807, 2.05) is 41.3 Å². The maximum atomic E-state index is 12.7. The predicted molar refractivity (Wildman–Crippen MR) is 104 cm³/mol. The Labute approximate surface area is 159 Å². The van der Waals surface area contributed by atoms with Crippen LogP contribution in [-0.4, -0.2) is 30.1 Å². The number of rotatable bonds is 4. The van der Waals surface area contributed by atoms with Gasteiger partial charge in [-0.05, 0) is 48.4 Å². The van der Waals surface area contributed by atoms with Crippen LogP contribution in [0.15, 0.2) is 48.5 Å². The van der Waals surface area contributed by atoms with E-state index in [0.29, 0.717) is 13.0 Å². The topological polar surface area (TPSA) is 69.6 Å². The molecule has 2 aromatic carbocycles. The summed E-state index contributed by atoms with van der Waals surface area (Å²) in [5.74, 6) is -1.31. The van der Waals surface area contributed by atoms with Crippen molar-refractivity contribution in [1.82, 2.24) is 5.32 Å². The molecule has 0 spiro atoms. The van der Waals surface area contributed by atoms with E-state index in [0.717, 1.165) is 30.5 Å². The second kappa shape index (κ2) is 7.43. The number of amides is 1. The molecule has 0 radical (unpaired) electrons. The molecule has 140 valence electrons. The maximum absolute atomic E-state index is 12.7. The number of carbonyl (C=O) groups is 2. The van der Waals surface area contributed by atoms with Crippen LogP contribution in [0.1, 0.15) is 47.9 Å². The Balaban J connectivity index is 1.48. The zero-order valence-corrected chi connectivity index (χ0v) is 15.2. The molecule has 1 heterocycles. The van der Waals surface area contributed by atoms with Crippen molar-refractivity contribution >= 4 is 17.6 Å². The summed E-state index contributed by atoms with van der Waals surface area (Å²) < 4.78 is 0. The van der Waals surface area contributed by atoms with Crippen LogP contribution in [0, 0.1) is 0 Å². The van der Waals surface area contributed by atoms with E-state index >= 15 is 0 Å². The summed E-state index contributed by atoms with van der Waals surface area (Å²) in [6, 6.07) is 15.9. The van der Waals surface area contributed by atoms with Crippen molar-refractivity contribution in [3.63, 3.8) is 0 Å². The number of hydrogen-bond donors (Lipinski definition) is 2. The molecule has 1 aliphatic carbocycles. The Morgan fingerprint density at radius 3 is 2.59 bits per heavy atom. The van der Waals surface area contributed by atoms with Gasteiger partial charge in [-0.15, -0.1) is 0 Å². The molecule has 5 heteroatoms. The van der Waals surface area contributed by atoms with E-state index in [4.69, 9.17) is 0 Å². The van der Waals surface area contributed by atoms with Gasteiger partial charge < -0.3 is 15.3 Å². The Bertz CT molecular complexity index is 864. The summed E-state index contributed by atoms with van der Waals surface area (Å²) in [7, 11) is 0. The van der Waals surface area contributed by atoms with Crippen LogP contribution in [0.5, 0.6) is 0 Å². The lowest BCUT2D eigenvalue weighted by molar-refractivity contribution is -0.139. The fourth-order valence-electron chi connectivity index (χ4n) is 4.37. The molecule has 2 unspecified atom stereocenters. The quantitative estimate of drug-likeness (QED) is 0.874. The number of carbonyl (C=O) groups excluding carboxylic acids is 1. The first-order valence-corrected chi connectivity index (χ1v) is 9.57. The molecule has 0 saturated carbocycles. The van der Waals surface area contributed by atoms with E-state index in [9.17, 15) is 14.7 Å². The van der Waals surface area contributed by atoms with Crippen LogP contribution in [0.2, 0.25) is 0 Å². The molecular weight excluding hydrogens is 340 g/mol. The first-order valence-electron chi connectivity index (χ1n) is 9.57. The first kappa shape index (κ1) is 17.6. The van der Waals surface area contributed by atoms with Crippen LogP contribution >= 0.6 is 0 Å². The number of aliphatic carboxylic acids is 1. The van der Waals surface area contributed by atoms with Crippen LogP contribution in [-0.2, 0) is 16.0 Å². The molecular formula is C22H24N2O3. The molecule has 4 rings (SSSR count). The van der Waals surface area contributed by atoms with Crippen molar-refractivity contribution in [3.05, 3.63) is 65.2 Å². The standard InChI is InChI=1S/C22H24N2O3/c25-21(23-19-10-5-7-15-6-1-2-8-16(15)19)14-24-13-12-18(22(26)27)17-9-3-4-11-20(17)24/h1-4,6,8-9,11,18-19H,5,7,10,12-14H2,(H,23,25)(H,26,27). The number of anilines is 1. The monoisotopic (exact) mass is 364 g/mol. The molecule has 0 aromatic heterocycles. The predicted octanol–water partition coefficient (Wildman–Crippen LogP) is 3.26. The fourth-order valence-corrected chi connectivity index (χ4v) is 4.37. The molecule has 0 fully saturated rings. The highest BCUT2D eigenvalue weighted by Gasteiger charge is 2.31. The van der Waals surface area contributed by atoms with Crippen LogP contribution in [0.4, 0.5) is 5.69 Å². The van der Waals surface area contributed by atoms with Crippen molar-refractivity contribution in [2.24, 2.45) is 0 Å². The molecule has 1 aliphatic heterocycles. The van der Waals surface area contributed by atoms with Gasteiger partial charge in [0.1, 0.15) is 0 Å². The van der Waals surface area contributed by atoms with Crippen molar-refractivity contribution in [2.75, 3.05) is 18.0 Å². The van der Waals surface area contributed by atoms with Gasteiger partial charge in [0.2, 0.25) is 5.91 Å². The van der Waals surface area contributed by atoms with Crippen molar-refractivity contribution in [2.45, 2.75) is 37.6 Å². The second-order valence-electron chi connectivity index (χ2n) is 7.37. The molecule has 2 aliphatic rings. The molecule has 1 amide bonds. The Hall–Kier alpha value is -2.82. The molecule has 0 saturated heterocycles. The summed E-state index contributed by atoms with van der Waals surface area (Å²) in [6.45, 7) is 0.824. The number of carboxylic acids is 1. The average molecular weight is 364 g/mol. The van der Waals surface area contributed by atoms with Crippen LogP contribution in [0.25, 0.3) is 0 Å². The lowest BCUT2D eigenvalue weighted by Crippen LogP contribution is -2.42. The van der Waals surface area contributed by atoms with Gasteiger partial charge in [0.25, 0.3) is 0 Å². The average Bonchev–Trinajstić information content (AvgIpc) is 2.68. The molecule has 0 bridgehead atoms. The Kier molecular flexibility index (Phi) is 4.84. The van der Waals surface area contributed by atoms with Crippen molar-refractivity contribution in [1.29, 1.82) is 0 Å². The molecule has 27 heavy (non-hydrogen) atoms. The third-order valence-electron chi connectivity index (χ3n) is 5.68. The minimum Gasteiger partial charge on any atom is -0.481 e. The van der Waals surface area contributed by atoms with Gasteiger partial charge in [-0.2, -0.15) is 0 Å². The maximum Gasteiger partial charge on any atom is 0.311 e. The Morgan fingerprint density at radius 1 is 1.04 bits per heavy atom. The second-order valence-corrected chi connectivity index (χ2v) is 7.37. The van der Waals surface area contributed by atoms with Crippen LogP contribution < -0.4 is 10.2 Å². The number of benzene rings is 2. The van der Waals surface area contributed by atoms with E-state index < -0.39 is 11.9 Å². The number of para-hydroxylation sites is 1. The van der Waals surface area contributed by atoms with Crippen molar-refractivity contribution < 1.29 is 14.7 Å². The normalized spacial score (nSPS) is 21.1. The molecule has 2 aromatic rings.